The van der Waals surface area contributed by atoms with E-state index in [4.69, 9.17) is 12.2 Å². The van der Waals surface area contributed by atoms with Crippen LogP contribution in [0.25, 0.3) is 0 Å². The van der Waals surface area contributed by atoms with Gasteiger partial charge < -0.3 is 4.90 Å². The molecule has 0 spiro atoms. The molecule has 2 nitrogen and oxygen atoms in total. The van der Waals surface area contributed by atoms with Crippen LogP contribution in [-0.4, -0.2) is 29.8 Å². The van der Waals surface area contributed by atoms with Gasteiger partial charge in [0, 0.05) is 14.1 Å². The fraction of sp³-hybridized carbons (Fsp3) is 0.667. The molecule has 52 valence electrons. The van der Waals surface area contributed by atoms with E-state index in [9.17, 15) is 0 Å². The normalized spacial score (nSPS) is 11.3. The van der Waals surface area contributed by atoms with E-state index in [-0.39, 0.29) is 0 Å². The van der Waals surface area contributed by atoms with Crippen LogP contribution in [0.1, 0.15) is 13.8 Å². The van der Waals surface area contributed by atoms with Crippen LogP contribution in [-0.2, 0) is 0 Å². The highest BCUT2D eigenvalue weighted by Crippen LogP contribution is 1.84. The summed E-state index contributed by atoms with van der Waals surface area (Å²) in [5.74, 6) is 0.947. The fourth-order valence-corrected chi connectivity index (χ4v) is 0.460. The van der Waals surface area contributed by atoms with Crippen LogP contribution < -0.4 is 0 Å². The molecule has 9 heavy (non-hydrogen) atoms. The van der Waals surface area contributed by atoms with Crippen molar-refractivity contribution in [3.63, 3.8) is 0 Å². The Morgan fingerprint density at radius 3 is 1.89 bits per heavy atom. The quantitative estimate of drug-likeness (QED) is 0.289. The number of hydrogen-bond acceptors (Lipinski definition) is 1. The first-order valence-electron chi connectivity index (χ1n) is 2.77. The molecule has 0 bridgehead atoms. The van der Waals surface area contributed by atoms with Gasteiger partial charge in [0.2, 0.25) is 0 Å². The Hall–Kier alpha value is -0.440. The predicted octanol–water partition coefficient (Wildman–Crippen LogP) is 1.31. The Balaban J connectivity index is 4.00. The average molecular weight is 144 g/mol. The third kappa shape index (κ3) is 4.09. The number of aliphatic imine (C=N–C) groups is 1. The van der Waals surface area contributed by atoms with Crippen LogP contribution in [0.5, 0.6) is 0 Å². The summed E-state index contributed by atoms with van der Waals surface area (Å²) in [4.78, 5) is 6.66. The van der Waals surface area contributed by atoms with Crippen molar-refractivity contribution < 1.29 is 0 Å². The highest BCUT2D eigenvalue weighted by atomic mass is 32.1. The van der Waals surface area contributed by atoms with Gasteiger partial charge in [-0.1, -0.05) is 12.2 Å². The SMILES string of the molecule is CC(=S)/N=C(/C)N(C)C. The maximum absolute atomic E-state index is 4.78. The van der Waals surface area contributed by atoms with Gasteiger partial charge in [0.15, 0.2) is 0 Å². The summed E-state index contributed by atoms with van der Waals surface area (Å²) in [7, 11) is 3.88. The molecular weight excluding hydrogens is 132 g/mol. The number of nitrogens with zero attached hydrogens (tertiary/aromatic N) is 2. The molecule has 0 aromatic carbocycles. The second-order valence-electron chi connectivity index (χ2n) is 2.07. The Bertz CT molecular complexity index is 138. The van der Waals surface area contributed by atoms with Crippen molar-refractivity contribution >= 4 is 23.0 Å². The molecule has 3 heteroatoms. The molecule has 0 amide bonds. The molecule has 0 saturated heterocycles. The molecule has 0 atom stereocenters. The van der Waals surface area contributed by atoms with Crippen LogP contribution in [0.15, 0.2) is 4.99 Å². The molecular formula is C6H12N2S. The molecule has 0 rings (SSSR count). The Kier molecular flexibility index (Phi) is 3.39. The largest absolute Gasteiger partial charge is 0.366 e. The van der Waals surface area contributed by atoms with E-state index in [1.165, 1.54) is 0 Å². The summed E-state index contributed by atoms with van der Waals surface area (Å²) in [6.07, 6.45) is 0. The minimum Gasteiger partial charge on any atom is -0.366 e. The Labute approximate surface area is 61.6 Å². The van der Waals surface area contributed by atoms with Crippen molar-refractivity contribution in [1.82, 2.24) is 4.90 Å². The van der Waals surface area contributed by atoms with Crippen LogP contribution >= 0.6 is 12.2 Å². The van der Waals surface area contributed by atoms with Crippen molar-refractivity contribution in [1.29, 1.82) is 0 Å². The van der Waals surface area contributed by atoms with Crippen molar-refractivity contribution in [3.05, 3.63) is 0 Å². The third-order valence-corrected chi connectivity index (χ3v) is 1.06. The van der Waals surface area contributed by atoms with Gasteiger partial charge in [-0.25, -0.2) is 4.99 Å². The van der Waals surface area contributed by atoms with E-state index in [0.29, 0.717) is 4.99 Å². The number of hydrogen-bond donors (Lipinski definition) is 0. The lowest BCUT2D eigenvalue weighted by atomic mass is 10.6. The second kappa shape index (κ2) is 3.56. The maximum Gasteiger partial charge on any atom is 0.102 e. The number of thiocarbonyl (C=S) groups is 1. The summed E-state index contributed by atoms with van der Waals surface area (Å²) in [5, 5.41) is 0. The minimum atomic E-state index is 0.682. The topological polar surface area (TPSA) is 15.6 Å². The zero-order chi connectivity index (χ0) is 7.44. The van der Waals surface area contributed by atoms with Gasteiger partial charge in [0.25, 0.3) is 0 Å². The van der Waals surface area contributed by atoms with Crippen molar-refractivity contribution in [2.75, 3.05) is 14.1 Å². The molecule has 0 N–H and O–H groups in total. The van der Waals surface area contributed by atoms with E-state index >= 15 is 0 Å². The Morgan fingerprint density at radius 2 is 1.78 bits per heavy atom. The van der Waals surface area contributed by atoms with Gasteiger partial charge in [-0.2, -0.15) is 0 Å². The van der Waals surface area contributed by atoms with Gasteiger partial charge in [-0.05, 0) is 13.8 Å². The van der Waals surface area contributed by atoms with Gasteiger partial charge >= 0.3 is 0 Å². The summed E-state index contributed by atoms with van der Waals surface area (Å²) in [6, 6.07) is 0. The van der Waals surface area contributed by atoms with Gasteiger partial charge in [0.05, 0.1) is 0 Å². The van der Waals surface area contributed by atoms with Gasteiger partial charge in [-0.15, -0.1) is 0 Å². The molecule has 0 aliphatic rings. The lowest BCUT2D eigenvalue weighted by Gasteiger charge is -2.09. The van der Waals surface area contributed by atoms with Crippen LogP contribution in [0, 0.1) is 0 Å². The molecule has 0 radical (unpaired) electrons. The first kappa shape index (κ1) is 8.56. The van der Waals surface area contributed by atoms with E-state index in [2.05, 4.69) is 4.99 Å². The standard InChI is InChI=1S/C6H12N2S/c1-5(8(3)4)7-6(2)9/h1-4H3/b7-5-. The lowest BCUT2D eigenvalue weighted by Crippen LogP contribution is -2.18. The molecule has 0 aliphatic carbocycles. The molecule has 0 heterocycles. The maximum atomic E-state index is 4.78. The van der Waals surface area contributed by atoms with Crippen molar-refractivity contribution in [2.45, 2.75) is 13.8 Å². The van der Waals surface area contributed by atoms with Gasteiger partial charge in [-0.3, -0.25) is 0 Å². The van der Waals surface area contributed by atoms with Crippen LogP contribution in [0.3, 0.4) is 0 Å². The molecule has 0 aromatic heterocycles. The van der Waals surface area contributed by atoms with E-state index in [1.54, 1.807) is 0 Å². The monoisotopic (exact) mass is 144 g/mol. The summed E-state index contributed by atoms with van der Waals surface area (Å²) in [6.45, 7) is 3.73. The fourth-order valence-electron chi connectivity index (χ4n) is 0.328. The highest BCUT2D eigenvalue weighted by molar-refractivity contribution is 7.80. The summed E-state index contributed by atoms with van der Waals surface area (Å²) in [5.41, 5.74) is 0. The zero-order valence-corrected chi connectivity index (χ0v) is 7.12. The third-order valence-electron chi connectivity index (χ3n) is 0.966. The van der Waals surface area contributed by atoms with Gasteiger partial charge in [0.1, 0.15) is 10.8 Å². The lowest BCUT2D eigenvalue weighted by molar-refractivity contribution is 0.620. The molecule has 0 aromatic rings. The van der Waals surface area contributed by atoms with E-state index < -0.39 is 0 Å². The summed E-state index contributed by atoms with van der Waals surface area (Å²) >= 11 is 4.78. The minimum absolute atomic E-state index is 0.682. The van der Waals surface area contributed by atoms with Crippen LogP contribution in [0.2, 0.25) is 0 Å². The molecule has 0 aliphatic heterocycles. The first-order valence-corrected chi connectivity index (χ1v) is 3.18. The smallest absolute Gasteiger partial charge is 0.102 e. The molecule has 0 unspecified atom stereocenters. The first-order chi connectivity index (χ1) is 4.04. The zero-order valence-electron chi connectivity index (χ0n) is 6.30. The number of amidine groups is 1. The van der Waals surface area contributed by atoms with E-state index in [0.717, 1.165) is 5.84 Å². The summed E-state index contributed by atoms with van der Waals surface area (Å²) < 4.78 is 0. The van der Waals surface area contributed by atoms with Crippen molar-refractivity contribution in [2.24, 2.45) is 4.99 Å². The Morgan fingerprint density at radius 1 is 1.33 bits per heavy atom. The molecule has 0 saturated carbocycles. The van der Waals surface area contributed by atoms with Crippen LogP contribution in [0.4, 0.5) is 0 Å². The van der Waals surface area contributed by atoms with E-state index in [1.807, 2.05) is 32.8 Å². The van der Waals surface area contributed by atoms with Crippen molar-refractivity contribution in [3.8, 4) is 0 Å². The average Bonchev–Trinajstić information content (AvgIpc) is 1.63. The second-order valence-corrected chi connectivity index (χ2v) is 2.66. The molecule has 0 fully saturated rings. The number of rotatable bonds is 0. The predicted molar refractivity (Wildman–Crippen MR) is 45.1 cm³/mol. The highest BCUT2D eigenvalue weighted by Gasteiger charge is 1.90.